The lowest BCUT2D eigenvalue weighted by atomic mass is 10.2. The second-order valence-corrected chi connectivity index (χ2v) is 11.4. The molecule has 0 spiro atoms. The summed E-state index contributed by atoms with van der Waals surface area (Å²) in [5.74, 6) is -4.94. The average Bonchev–Trinajstić information content (AvgIpc) is 3.42. The zero-order valence-corrected chi connectivity index (χ0v) is 25.4. The van der Waals surface area contributed by atoms with E-state index in [9.17, 15) is 27.6 Å². The van der Waals surface area contributed by atoms with E-state index in [1.54, 1.807) is 16.8 Å². The smallest absolute Gasteiger partial charge is 0.355 e. The Morgan fingerprint density at radius 1 is 0.935 bits per heavy atom. The number of benzene rings is 2. The first-order valence-corrected chi connectivity index (χ1v) is 14.8. The van der Waals surface area contributed by atoms with Gasteiger partial charge in [-0.3, -0.25) is 18.9 Å². The van der Waals surface area contributed by atoms with Crippen LogP contribution in [0.3, 0.4) is 0 Å². The maximum atomic E-state index is 14.1. The molecule has 5 aromatic rings. The van der Waals surface area contributed by atoms with Gasteiger partial charge < -0.3 is 15.0 Å². The van der Waals surface area contributed by atoms with E-state index in [0.717, 1.165) is 36.3 Å². The predicted octanol–water partition coefficient (Wildman–Crippen LogP) is 3.34. The molecule has 6 rings (SSSR count). The molecular formula is C29H25Cl2F3N8O4. The molecule has 0 unspecified atom stereocenters. The Labute approximate surface area is 267 Å². The van der Waals surface area contributed by atoms with E-state index in [1.165, 1.54) is 12.3 Å². The van der Waals surface area contributed by atoms with E-state index in [2.05, 4.69) is 25.3 Å². The molecule has 0 amide bonds. The number of fused-ring (bicyclic) bond motifs is 1. The molecule has 17 heteroatoms. The van der Waals surface area contributed by atoms with Gasteiger partial charge in [-0.1, -0.05) is 23.2 Å². The number of nitrogens with one attached hydrogen (secondary N) is 2. The first kappa shape index (κ1) is 31.5. The molecule has 0 saturated carbocycles. The Morgan fingerprint density at radius 3 is 2.41 bits per heavy atom. The SMILES string of the molecule is O=c1[nH]cc(Cl)cc1Cn1c(=O)nc(Nc2cc3cn(CCN4CCOCC4)nc3cc2Cl)n(Cc2cc(F)c(F)c(F)c2)c1=O. The molecule has 1 saturated heterocycles. The second-order valence-electron chi connectivity index (χ2n) is 10.6. The van der Waals surface area contributed by atoms with Crippen molar-refractivity contribution in [3.63, 3.8) is 0 Å². The number of hydrogen-bond acceptors (Lipinski definition) is 8. The van der Waals surface area contributed by atoms with Gasteiger partial charge in [0, 0.05) is 43.0 Å². The summed E-state index contributed by atoms with van der Waals surface area (Å²) < 4.78 is 50.6. The normalized spacial score (nSPS) is 13.8. The number of halogens is 5. The molecule has 1 aliphatic heterocycles. The maximum absolute atomic E-state index is 14.1. The molecule has 0 atom stereocenters. The summed E-state index contributed by atoms with van der Waals surface area (Å²) in [6.45, 7) is 3.38. The number of rotatable bonds is 9. The fourth-order valence-corrected chi connectivity index (χ4v) is 5.46. The first-order valence-electron chi connectivity index (χ1n) is 14.0. The third-order valence-corrected chi connectivity index (χ3v) is 7.97. The van der Waals surface area contributed by atoms with Crippen molar-refractivity contribution in [1.82, 2.24) is 33.8 Å². The molecule has 4 heterocycles. The Bertz CT molecular complexity index is 2100. The highest BCUT2D eigenvalue weighted by Gasteiger charge is 2.19. The van der Waals surface area contributed by atoms with Crippen LogP contribution in [-0.2, 0) is 24.4 Å². The van der Waals surface area contributed by atoms with Gasteiger partial charge in [-0.05, 0) is 35.9 Å². The van der Waals surface area contributed by atoms with Crippen molar-refractivity contribution in [3.05, 3.63) is 113 Å². The molecule has 1 fully saturated rings. The van der Waals surface area contributed by atoms with Crippen LogP contribution in [0.2, 0.25) is 10.0 Å². The van der Waals surface area contributed by atoms with Crippen molar-refractivity contribution in [2.45, 2.75) is 19.6 Å². The van der Waals surface area contributed by atoms with E-state index < -0.39 is 47.5 Å². The lowest BCUT2D eigenvalue weighted by Gasteiger charge is -2.26. The minimum absolute atomic E-state index is 0.0150. The van der Waals surface area contributed by atoms with E-state index in [-0.39, 0.29) is 32.8 Å². The van der Waals surface area contributed by atoms with Crippen molar-refractivity contribution in [3.8, 4) is 0 Å². The van der Waals surface area contributed by atoms with E-state index in [0.29, 0.717) is 35.2 Å². The van der Waals surface area contributed by atoms with Crippen molar-refractivity contribution >= 4 is 45.7 Å². The molecule has 3 aromatic heterocycles. The lowest BCUT2D eigenvalue weighted by Crippen LogP contribution is -2.43. The summed E-state index contributed by atoms with van der Waals surface area (Å²) in [5.41, 5.74) is -1.92. The van der Waals surface area contributed by atoms with Gasteiger partial charge in [0.25, 0.3) is 5.56 Å². The molecule has 2 aromatic carbocycles. The van der Waals surface area contributed by atoms with Gasteiger partial charge in [-0.15, -0.1) is 0 Å². The summed E-state index contributed by atoms with van der Waals surface area (Å²) in [6.07, 6.45) is 3.06. The summed E-state index contributed by atoms with van der Waals surface area (Å²) in [5, 5.41) is 8.48. The van der Waals surface area contributed by atoms with E-state index in [1.807, 2.05) is 6.20 Å². The number of pyridine rings is 1. The highest BCUT2D eigenvalue weighted by atomic mass is 35.5. The monoisotopic (exact) mass is 676 g/mol. The average molecular weight is 677 g/mol. The van der Waals surface area contributed by atoms with Crippen molar-refractivity contribution in [2.24, 2.45) is 0 Å². The standard InChI is InChI=1S/C29H25Cl2F3N8O4/c30-19-9-18(26(43)35-12-19)15-42-28(44)37-27(41(29(42)45)13-16-7-21(32)25(34)22(33)8-16)36-24-10-17-14-40(38-23(17)11-20(24)31)2-1-39-3-5-46-6-4-39/h7-12,14H,1-6,13,15H2,(H,35,43)(H,36,37,44). The number of ether oxygens (including phenoxy) is 1. The molecule has 240 valence electrons. The highest BCUT2D eigenvalue weighted by molar-refractivity contribution is 6.34. The number of morpholine rings is 1. The largest absolute Gasteiger partial charge is 0.379 e. The van der Waals surface area contributed by atoms with Crippen LogP contribution in [0.1, 0.15) is 11.1 Å². The maximum Gasteiger partial charge on any atom is 0.355 e. The Kier molecular flexibility index (Phi) is 8.99. The zero-order chi connectivity index (χ0) is 32.5. The molecule has 1 aliphatic rings. The van der Waals surface area contributed by atoms with E-state index in [4.69, 9.17) is 27.9 Å². The van der Waals surface area contributed by atoms with Crippen LogP contribution in [0.15, 0.2) is 57.1 Å². The molecule has 0 radical (unpaired) electrons. The van der Waals surface area contributed by atoms with Crippen molar-refractivity contribution in [1.29, 1.82) is 0 Å². The Balaban J connectivity index is 1.37. The minimum Gasteiger partial charge on any atom is -0.379 e. The van der Waals surface area contributed by atoms with Crippen LogP contribution in [0.4, 0.5) is 24.8 Å². The summed E-state index contributed by atoms with van der Waals surface area (Å²) >= 11 is 12.5. The Morgan fingerprint density at radius 2 is 1.67 bits per heavy atom. The topological polar surface area (TPSA) is 132 Å². The van der Waals surface area contributed by atoms with Crippen molar-refractivity contribution < 1.29 is 17.9 Å². The molecule has 0 aliphatic carbocycles. The summed E-state index contributed by atoms with van der Waals surface area (Å²) in [4.78, 5) is 47.9. The van der Waals surface area contributed by atoms with Crippen LogP contribution in [0.25, 0.3) is 10.9 Å². The van der Waals surface area contributed by atoms with Gasteiger partial charge in [0.05, 0.1) is 54.1 Å². The molecule has 46 heavy (non-hydrogen) atoms. The van der Waals surface area contributed by atoms with Gasteiger partial charge in [-0.25, -0.2) is 27.3 Å². The summed E-state index contributed by atoms with van der Waals surface area (Å²) in [7, 11) is 0. The van der Waals surface area contributed by atoms with Gasteiger partial charge in [-0.2, -0.15) is 10.1 Å². The van der Waals surface area contributed by atoms with Gasteiger partial charge in [0.1, 0.15) is 0 Å². The lowest BCUT2D eigenvalue weighted by molar-refractivity contribution is 0.0360. The number of aromatic amines is 1. The fourth-order valence-electron chi connectivity index (χ4n) is 5.07. The van der Waals surface area contributed by atoms with Crippen LogP contribution >= 0.6 is 23.2 Å². The zero-order valence-electron chi connectivity index (χ0n) is 23.9. The third-order valence-electron chi connectivity index (χ3n) is 7.44. The van der Waals surface area contributed by atoms with Crippen LogP contribution in [0.5, 0.6) is 0 Å². The van der Waals surface area contributed by atoms with Crippen LogP contribution in [0, 0.1) is 17.5 Å². The fraction of sp³-hybridized carbons (Fsp3) is 0.276. The number of nitrogens with zero attached hydrogens (tertiary/aromatic N) is 6. The second kappa shape index (κ2) is 13.1. The van der Waals surface area contributed by atoms with Crippen LogP contribution < -0.4 is 22.3 Å². The van der Waals surface area contributed by atoms with Crippen LogP contribution in [-0.4, -0.2) is 66.6 Å². The quantitative estimate of drug-likeness (QED) is 0.227. The van der Waals surface area contributed by atoms with Gasteiger partial charge >= 0.3 is 11.4 Å². The number of aromatic nitrogens is 6. The summed E-state index contributed by atoms with van der Waals surface area (Å²) in [6, 6.07) is 5.97. The predicted molar refractivity (Wildman–Crippen MR) is 165 cm³/mol. The first-order chi connectivity index (χ1) is 22.0. The van der Waals surface area contributed by atoms with E-state index >= 15 is 0 Å². The van der Waals surface area contributed by atoms with Gasteiger partial charge in [0.15, 0.2) is 17.5 Å². The number of H-pyrrole nitrogens is 1. The van der Waals surface area contributed by atoms with Crippen molar-refractivity contribution in [2.75, 3.05) is 38.2 Å². The van der Waals surface area contributed by atoms with Gasteiger partial charge in [0.2, 0.25) is 5.95 Å². The Hall–Kier alpha value is -4.44. The highest BCUT2D eigenvalue weighted by Crippen LogP contribution is 2.29. The molecule has 2 N–H and O–H groups in total. The molecule has 12 nitrogen and oxygen atoms in total. The number of hydrogen-bond donors (Lipinski definition) is 2. The molecule has 0 bridgehead atoms. The minimum atomic E-state index is -1.68. The number of anilines is 2. The molecular weight excluding hydrogens is 652 g/mol. The third kappa shape index (κ3) is 6.72.